The number of rotatable bonds is 5. The number of hydrogen-bond donors (Lipinski definition) is 3. The van der Waals surface area contributed by atoms with E-state index in [2.05, 4.69) is 10.6 Å². The molecular formula is C16H22N2O3. The number of anilines is 1. The summed E-state index contributed by atoms with van der Waals surface area (Å²) in [5.74, 6) is -0.679. The Hall–Kier alpha value is -1.88. The molecule has 2 rings (SSSR count). The van der Waals surface area contributed by atoms with Crippen LogP contribution in [-0.2, 0) is 9.59 Å². The molecule has 5 heteroatoms. The van der Waals surface area contributed by atoms with Gasteiger partial charge < -0.3 is 15.7 Å². The van der Waals surface area contributed by atoms with Crippen LogP contribution >= 0.6 is 0 Å². The number of carboxylic acid groups (broad SMARTS) is 1. The molecule has 0 saturated carbocycles. The molecule has 1 saturated heterocycles. The van der Waals surface area contributed by atoms with Gasteiger partial charge in [0.05, 0.1) is 6.42 Å². The van der Waals surface area contributed by atoms with Crippen LogP contribution in [0, 0.1) is 5.92 Å². The van der Waals surface area contributed by atoms with Crippen molar-refractivity contribution in [1.82, 2.24) is 5.32 Å². The van der Waals surface area contributed by atoms with E-state index in [0.29, 0.717) is 0 Å². The van der Waals surface area contributed by atoms with Crippen molar-refractivity contribution in [1.29, 1.82) is 0 Å². The fourth-order valence-corrected chi connectivity index (χ4v) is 2.60. The van der Waals surface area contributed by atoms with Gasteiger partial charge in [-0.3, -0.25) is 9.59 Å². The molecule has 0 aliphatic carbocycles. The third-order valence-electron chi connectivity index (χ3n) is 3.94. The highest BCUT2D eigenvalue weighted by molar-refractivity contribution is 5.92. The van der Waals surface area contributed by atoms with Gasteiger partial charge in [-0.05, 0) is 49.5 Å². The molecule has 1 heterocycles. The molecule has 1 unspecified atom stereocenters. The Balaban J connectivity index is 1.92. The van der Waals surface area contributed by atoms with E-state index >= 15 is 0 Å². The Morgan fingerprint density at radius 3 is 2.48 bits per heavy atom. The number of carbonyl (C=O) groups excluding carboxylic acids is 1. The van der Waals surface area contributed by atoms with E-state index in [0.717, 1.165) is 37.2 Å². The Morgan fingerprint density at radius 2 is 1.90 bits per heavy atom. The Labute approximate surface area is 124 Å². The van der Waals surface area contributed by atoms with Crippen LogP contribution < -0.4 is 10.6 Å². The standard InChI is InChI=1S/C16H22N2O3/c1-11(10-15(19)20)12-2-4-14(5-3-12)18-16(21)13-6-8-17-9-7-13/h2-5,11,13,17H,6-10H2,1H3,(H,18,21)(H,19,20). The molecule has 1 aromatic carbocycles. The van der Waals surface area contributed by atoms with Gasteiger partial charge in [-0.2, -0.15) is 0 Å². The number of hydrogen-bond acceptors (Lipinski definition) is 3. The number of aliphatic carboxylic acids is 1. The van der Waals surface area contributed by atoms with Gasteiger partial charge >= 0.3 is 5.97 Å². The highest BCUT2D eigenvalue weighted by Gasteiger charge is 2.20. The Morgan fingerprint density at radius 1 is 1.29 bits per heavy atom. The molecule has 0 bridgehead atoms. The van der Waals surface area contributed by atoms with Crippen LogP contribution in [0.1, 0.15) is 37.7 Å². The molecule has 114 valence electrons. The quantitative estimate of drug-likeness (QED) is 0.777. The first-order valence-corrected chi connectivity index (χ1v) is 7.39. The largest absolute Gasteiger partial charge is 0.481 e. The molecule has 1 aliphatic rings. The third-order valence-corrected chi connectivity index (χ3v) is 3.94. The van der Waals surface area contributed by atoms with E-state index in [1.165, 1.54) is 0 Å². The molecule has 3 N–H and O–H groups in total. The summed E-state index contributed by atoms with van der Waals surface area (Å²) >= 11 is 0. The summed E-state index contributed by atoms with van der Waals surface area (Å²) in [6.45, 7) is 3.67. The first kappa shape index (κ1) is 15.5. The van der Waals surface area contributed by atoms with Crippen LogP contribution in [0.25, 0.3) is 0 Å². The Kier molecular flexibility index (Phi) is 5.33. The summed E-state index contributed by atoms with van der Waals surface area (Å²) in [6, 6.07) is 7.44. The number of carbonyl (C=O) groups is 2. The lowest BCUT2D eigenvalue weighted by atomic mass is 9.96. The van der Waals surface area contributed by atoms with Crippen molar-refractivity contribution in [3.63, 3.8) is 0 Å². The summed E-state index contributed by atoms with van der Waals surface area (Å²) in [5, 5.41) is 15.0. The zero-order chi connectivity index (χ0) is 15.2. The molecule has 5 nitrogen and oxygen atoms in total. The van der Waals surface area contributed by atoms with Crippen molar-refractivity contribution in [2.24, 2.45) is 5.92 Å². The van der Waals surface area contributed by atoms with Crippen LogP contribution in [0.15, 0.2) is 24.3 Å². The minimum absolute atomic E-state index is 0.0309. The Bertz CT molecular complexity index is 493. The maximum absolute atomic E-state index is 12.1. The molecule has 1 fully saturated rings. The first-order valence-electron chi connectivity index (χ1n) is 7.39. The number of carboxylic acids is 1. The molecule has 0 spiro atoms. The summed E-state index contributed by atoms with van der Waals surface area (Å²) < 4.78 is 0. The van der Waals surface area contributed by atoms with Crippen molar-refractivity contribution < 1.29 is 14.7 Å². The van der Waals surface area contributed by atoms with E-state index in [4.69, 9.17) is 5.11 Å². The van der Waals surface area contributed by atoms with E-state index in [1.54, 1.807) is 0 Å². The van der Waals surface area contributed by atoms with Crippen LogP contribution in [-0.4, -0.2) is 30.1 Å². The number of nitrogens with one attached hydrogen (secondary N) is 2. The normalized spacial score (nSPS) is 17.2. The maximum Gasteiger partial charge on any atom is 0.303 e. The molecule has 1 atom stereocenters. The van der Waals surface area contributed by atoms with Gasteiger partial charge in [0, 0.05) is 11.6 Å². The van der Waals surface area contributed by atoms with E-state index in [1.807, 2.05) is 31.2 Å². The molecule has 0 radical (unpaired) electrons. The molecule has 21 heavy (non-hydrogen) atoms. The molecule has 1 aromatic rings. The average molecular weight is 290 g/mol. The maximum atomic E-state index is 12.1. The predicted molar refractivity (Wildman–Crippen MR) is 81.3 cm³/mol. The van der Waals surface area contributed by atoms with Gasteiger partial charge in [-0.15, -0.1) is 0 Å². The number of piperidine rings is 1. The van der Waals surface area contributed by atoms with Crippen LogP contribution in [0.2, 0.25) is 0 Å². The van der Waals surface area contributed by atoms with Crippen molar-refractivity contribution in [2.75, 3.05) is 18.4 Å². The van der Waals surface area contributed by atoms with Crippen LogP contribution in [0.4, 0.5) is 5.69 Å². The van der Waals surface area contributed by atoms with E-state index < -0.39 is 5.97 Å². The van der Waals surface area contributed by atoms with Gasteiger partial charge in [0.25, 0.3) is 0 Å². The van der Waals surface area contributed by atoms with Crippen molar-refractivity contribution in [3.05, 3.63) is 29.8 Å². The second-order valence-corrected chi connectivity index (χ2v) is 5.63. The van der Waals surface area contributed by atoms with E-state index in [-0.39, 0.29) is 24.2 Å². The van der Waals surface area contributed by atoms with Crippen molar-refractivity contribution in [2.45, 2.75) is 32.1 Å². The lowest BCUT2D eigenvalue weighted by molar-refractivity contribution is -0.137. The summed E-state index contributed by atoms with van der Waals surface area (Å²) in [7, 11) is 0. The van der Waals surface area contributed by atoms with E-state index in [9.17, 15) is 9.59 Å². The van der Waals surface area contributed by atoms with Gasteiger partial charge in [0.2, 0.25) is 5.91 Å². The van der Waals surface area contributed by atoms with Crippen LogP contribution in [0.3, 0.4) is 0 Å². The fraction of sp³-hybridized carbons (Fsp3) is 0.500. The molecule has 1 aliphatic heterocycles. The second-order valence-electron chi connectivity index (χ2n) is 5.63. The summed E-state index contributed by atoms with van der Waals surface area (Å²) in [4.78, 5) is 22.8. The minimum atomic E-state index is -0.800. The van der Waals surface area contributed by atoms with Crippen molar-refractivity contribution in [3.8, 4) is 0 Å². The lowest BCUT2D eigenvalue weighted by Gasteiger charge is -2.21. The highest BCUT2D eigenvalue weighted by atomic mass is 16.4. The number of benzene rings is 1. The van der Waals surface area contributed by atoms with Gasteiger partial charge in [0.15, 0.2) is 0 Å². The SMILES string of the molecule is CC(CC(=O)O)c1ccc(NC(=O)C2CCNCC2)cc1. The second kappa shape index (κ2) is 7.22. The third kappa shape index (κ3) is 4.56. The first-order chi connectivity index (χ1) is 10.1. The monoisotopic (exact) mass is 290 g/mol. The zero-order valence-electron chi connectivity index (χ0n) is 12.3. The lowest BCUT2D eigenvalue weighted by Crippen LogP contribution is -2.34. The van der Waals surface area contributed by atoms with Gasteiger partial charge in [-0.1, -0.05) is 19.1 Å². The van der Waals surface area contributed by atoms with Gasteiger partial charge in [0.1, 0.15) is 0 Å². The van der Waals surface area contributed by atoms with Crippen LogP contribution in [0.5, 0.6) is 0 Å². The topological polar surface area (TPSA) is 78.4 Å². The fourth-order valence-electron chi connectivity index (χ4n) is 2.60. The number of amides is 1. The van der Waals surface area contributed by atoms with Crippen molar-refractivity contribution >= 4 is 17.6 Å². The molecular weight excluding hydrogens is 268 g/mol. The zero-order valence-corrected chi connectivity index (χ0v) is 12.3. The summed E-state index contributed by atoms with van der Waals surface area (Å²) in [6.07, 6.45) is 1.86. The smallest absolute Gasteiger partial charge is 0.303 e. The minimum Gasteiger partial charge on any atom is -0.481 e. The molecule has 0 aromatic heterocycles. The molecule has 1 amide bonds. The average Bonchev–Trinajstić information content (AvgIpc) is 2.48. The van der Waals surface area contributed by atoms with Gasteiger partial charge in [-0.25, -0.2) is 0 Å². The highest BCUT2D eigenvalue weighted by Crippen LogP contribution is 2.22. The summed E-state index contributed by atoms with van der Waals surface area (Å²) in [5.41, 5.74) is 1.74. The predicted octanol–water partition coefficient (Wildman–Crippen LogP) is 2.20.